The van der Waals surface area contributed by atoms with E-state index in [4.69, 9.17) is 19.4 Å². The second-order valence-corrected chi connectivity index (χ2v) is 7.81. The van der Waals surface area contributed by atoms with E-state index in [0.717, 1.165) is 22.3 Å². The van der Waals surface area contributed by atoms with Crippen LogP contribution in [0, 0.1) is 0 Å². The minimum atomic E-state index is -1.40. The molecule has 0 aliphatic heterocycles. The van der Waals surface area contributed by atoms with Gasteiger partial charge in [0.2, 0.25) is 6.10 Å². The van der Waals surface area contributed by atoms with Crippen LogP contribution in [0.4, 0.5) is 10.6 Å². The molecule has 0 saturated carbocycles. The maximum absolute atomic E-state index is 12.6. The van der Waals surface area contributed by atoms with Crippen molar-refractivity contribution in [1.82, 2.24) is 15.3 Å². The predicted molar refractivity (Wildman–Crippen MR) is 124 cm³/mol. The summed E-state index contributed by atoms with van der Waals surface area (Å²) in [4.78, 5) is 41.2. The van der Waals surface area contributed by atoms with E-state index in [1.54, 1.807) is 0 Å². The molecular weight excluding hydrogens is 456 g/mol. The van der Waals surface area contributed by atoms with E-state index in [-0.39, 0.29) is 30.5 Å². The van der Waals surface area contributed by atoms with Gasteiger partial charge >= 0.3 is 12.1 Å². The predicted octanol–water partition coefficient (Wildman–Crippen LogP) is 2.54. The number of carbonyl (C=O) groups excluding carboxylic acids is 2. The zero-order chi connectivity index (χ0) is 24.9. The van der Waals surface area contributed by atoms with Crippen LogP contribution in [0.15, 0.2) is 54.7 Å². The Morgan fingerprint density at radius 1 is 1.09 bits per heavy atom. The van der Waals surface area contributed by atoms with E-state index in [2.05, 4.69) is 10.4 Å². The number of aliphatic carboxylic acids is 1. The number of ether oxygens (including phenoxy) is 2. The lowest BCUT2D eigenvalue weighted by Crippen LogP contribution is -2.37. The molecule has 1 unspecified atom stereocenters. The highest BCUT2D eigenvalue weighted by Gasteiger charge is 2.29. The van der Waals surface area contributed by atoms with Crippen molar-refractivity contribution in [3.05, 3.63) is 71.4 Å². The fourth-order valence-corrected chi connectivity index (χ4v) is 3.97. The molecule has 1 aliphatic carbocycles. The van der Waals surface area contributed by atoms with Gasteiger partial charge in [-0.2, -0.15) is 5.10 Å². The van der Waals surface area contributed by atoms with Gasteiger partial charge in [0, 0.05) is 20.1 Å². The summed E-state index contributed by atoms with van der Waals surface area (Å²) in [7, 11) is 2.83. The summed E-state index contributed by atoms with van der Waals surface area (Å²) in [6, 6.07) is 15.9. The number of rotatable bonds is 9. The average molecular weight is 480 g/mol. The molecule has 1 heterocycles. The maximum Gasteiger partial charge on any atom is 0.412 e. The highest BCUT2D eigenvalue weighted by molar-refractivity contribution is 6.01. The van der Waals surface area contributed by atoms with E-state index in [1.165, 1.54) is 25.0 Å². The van der Waals surface area contributed by atoms with Crippen LogP contribution in [0.25, 0.3) is 11.1 Å². The number of hydroxylamine groups is 1. The molecule has 1 aliphatic rings. The Kier molecular flexibility index (Phi) is 7.09. The molecule has 11 nitrogen and oxygen atoms in total. The van der Waals surface area contributed by atoms with E-state index in [1.807, 2.05) is 54.0 Å². The Labute approximate surface area is 200 Å². The Bertz CT molecular complexity index is 1210. The first-order valence-corrected chi connectivity index (χ1v) is 10.7. The molecule has 2 amide bonds. The number of carbonyl (C=O) groups is 3. The standard InChI is InChI=1S/C24H24N4O7/c1-28-21(18(11-25-28)22(29)27-35-20(13-33-2)23(30)31)26-24(32)34-12-19-16-9-5-3-7-14(16)15-8-4-6-10-17(15)19/h3-11,19-20H,12-13H2,1-2H3,(H,26,32)(H,27,29)(H,30,31). The summed E-state index contributed by atoms with van der Waals surface area (Å²) in [6.07, 6.45) is -0.962. The molecule has 1 atom stereocenters. The Balaban J connectivity index is 1.41. The van der Waals surface area contributed by atoms with Gasteiger partial charge in [0.1, 0.15) is 18.0 Å². The molecule has 35 heavy (non-hydrogen) atoms. The molecule has 182 valence electrons. The second kappa shape index (κ2) is 10.4. The number of anilines is 1. The second-order valence-electron chi connectivity index (χ2n) is 7.81. The van der Waals surface area contributed by atoms with Crippen LogP contribution in [-0.2, 0) is 26.2 Å². The number of hydrogen-bond donors (Lipinski definition) is 3. The molecule has 3 N–H and O–H groups in total. The highest BCUT2D eigenvalue weighted by atomic mass is 16.7. The van der Waals surface area contributed by atoms with Crippen molar-refractivity contribution in [3.63, 3.8) is 0 Å². The third-order valence-electron chi connectivity index (χ3n) is 5.63. The van der Waals surface area contributed by atoms with Gasteiger partial charge in [-0.15, -0.1) is 0 Å². The van der Waals surface area contributed by atoms with Crippen molar-refractivity contribution >= 4 is 23.8 Å². The summed E-state index contributed by atoms with van der Waals surface area (Å²) in [5.41, 5.74) is 6.37. The van der Waals surface area contributed by atoms with Crippen LogP contribution in [0.5, 0.6) is 0 Å². The molecule has 0 spiro atoms. The highest BCUT2D eigenvalue weighted by Crippen LogP contribution is 2.44. The summed E-state index contributed by atoms with van der Waals surface area (Å²) in [5.74, 6) is -2.17. The normalized spacial score (nSPS) is 13.0. The summed E-state index contributed by atoms with van der Waals surface area (Å²) in [5, 5.41) is 15.6. The fraction of sp³-hybridized carbons (Fsp3) is 0.250. The first kappa shape index (κ1) is 23.9. The molecule has 1 aromatic heterocycles. The monoisotopic (exact) mass is 480 g/mol. The first-order chi connectivity index (χ1) is 16.9. The maximum atomic E-state index is 12.6. The minimum Gasteiger partial charge on any atom is -0.479 e. The van der Waals surface area contributed by atoms with Crippen molar-refractivity contribution in [1.29, 1.82) is 0 Å². The van der Waals surface area contributed by atoms with Gasteiger partial charge in [0.25, 0.3) is 5.91 Å². The molecule has 0 saturated heterocycles. The van der Waals surface area contributed by atoms with Gasteiger partial charge in [-0.25, -0.2) is 15.1 Å². The van der Waals surface area contributed by atoms with Gasteiger partial charge < -0.3 is 14.6 Å². The van der Waals surface area contributed by atoms with E-state index in [0.29, 0.717) is 0 Å². The SMILES string of the molecule is COCC(ONC(=O)c1cnn(C)c1NC(=O)OCC1c2ccccc2-c2ccccc21)C(=O)O. The summed E-state index contributed by atoms with van der Waals surface area (Å²) in [6.45, 7) is -0.173. The average Bonchev–Trinajstić information content (AvgIpc) is 3.37. The Morgan fingerprint density at radius 3 is 2.31 bits per heavy atom. The van der Waals surface area contributed by atoms with Crippen molar-refractivity contribution in [2.45, 2.75) is 12.0 Å². The van der Waals surface area contributed by atoms with Crippen LogP contribution in [0.1, 0.15) is 27.4 Å². The number of carboxylic acid groups (broad SMARTS) is 1. The van der Waals surface area contributed by atoms with Crippen LogP contribution < -0.4 is 10.8 Å². The molecule has 3 aromatic rings. The fourth-order valence-electron chi connectivity index (χ4n) is 3.97. The van der Waals surface area contributed by atoms with Gasteiger partial charge in [0.05, 0.1) is 12.8 Å². The number of hydrogen-bond acceptors (Lipinski definition) is 7. The van der Waals surface area contributed by atoms with Gasteiger partial charge in [-0.3, -0.25) is 19.6 Å². The van der Waals surface area contributed by atoms with E-state index in [9.17, 15) is 14.4 Å². The number of nitrogens with zero attached hydrogens (tertiary/aromatic N) is 2. The summed E-state index contributed by atoms with van der Waals surface area (Å²) < 4.78 is 11.5. The van der Waals surface area contributed by atoms with Crippen LogP contribution in [-0.4, -0.2) is 59.3 Å². The quantitative estimate of drug-likeness (QED) is 0.397. The Hall–Kier alpha value is -4.22. The van der Waals surface area contributed by atoms with E-state index < -0.39 is 24.1 Å². The number of aromatic nitrogens is 2. The lowest BCUT2D eigenvalue weighted by atomic mass is 9.98. The lowest BCUT2D eigenvalue weighted by Gasteiger charge is -2.15. The Morgan fingerprint density at radius 2 is 1.71 bits per heavy atom. The van der Waals surface area contributed by atoms with Gasteiger partial charge in [-0.1, -0.05) is 48.5 Å². The smallest absolute Gasteiger partial charge is 0.412 e. The number of amides is 2. The third-order valence-corrected chi connectivity index (χ3v) is 5.63. The van der Waals surface area contributed by atoms with Crippen LogP contribution in [0.2, 0.25) is 0 Å². The molecule has 0 bridgehead atoms. The largest absolute Gasteiger partial charge is 0.479 e. The third kappa shape index (κ3) is 5.00. The molecule has 11 heteroatoms. The number of methoxy groups -OCH3 is 1. The topological polar surface area (TPSA) is 141 Å². The lowest BCUT2D eigenvalue weighted by molar-refractivity contribution is -0.158. The van der Waals surface area contributed by atoms with Crippen molar-refractivity contribution < 1.29 is 33.8 Å². The van der Waals surface area contributed by atoms with E-state index >= 15 is 0 Å². The number of aryl methyl sites for hydroxylation is 1. The minimum absolute atomic E-state index is 0.0393. The molecule has 2 aromatic carbocycles. The zero-order valence-corrected chi connectivity index (χ0v) is 19.1. The van der Waals surface area contributed by atoms with Crippen molar-refractivity contribution in [2.75, 3.05) is 25.6 Å². The van der Waals surface area contributed by atoms with Crippen molar-refractivity contribution in [3.8, 4) is 11.1 Å². The number of benzene rings is 2. The molecule has 0 radical (unpaired) electrons. The number of fused-ring (bicyclic) bond motifs is 3. The molecule has 4 rings (SSSR count). The van der Waals surface area contributed by atoms with Crippen LogP contribution >= 0.6 is 0 Å². The van der Waals surface area contributed by atoms with Crippen LogP contribution in [0.3, 0.4) is 0 Å². The zero-order valence-electron chi connectivity index (χ0n) is 19.1. The summed E-state index contributed by atoms with van der Waals surface area (Å²) >= 11 is 0. The number of nitrogens with one attached hydrogen (secondary N) is 2. The van der Waals surface area contributed by atoms with Crippen molar-refractivity contribution in [2.24, 2.45) is 7.05 Å². The molecule has 0 fully saturated rings. The van der Waals surface area contributed by atoms with Gasteiger partial charge in [0.15, 0.2) is 0 Å². The first-order valence-electron chi connectivity index (χ1n) is 10.7. The molecular formula is C24H24N4O7. The number of carboxylic acids is 1. The van der Waals surface area contributed by atoms with Gasteiger partial charge in [-0.05, 0) is 22.3 Å².